The van der Waals surface area contributed by atoms with E-state index in [4.69, 9.17) is 13.9 Å². The minimum Gasteiger partial charge on any atom is -0.493 e. The van der Waals surface area contributed by atoms with Crippen molar-refractivity contribution in [2.24, 2.45) is 5.10 Å². The summed E-state index contributed by atoms with van der Waals surface area (Å²) in [5.41, 5.74) is 1.52. The zero-order valence-electron chi connectivity index (χ0n) is 18.4. The second kappa shape index (κ2) is 8.67. The molecule has 34 heavy (non-hydrogen) atoms. The van der Waals surface area contributed by atoms with Gasteiger partial charge in [-0.1, -0.05) is 30.3 Å². The third-order valence-corrected chi connectivity index (χ3v) is 5.16. The van der Waals surface area contributed by atoms with Gasteiger partial charge in [0.1, 0.15) is 5.58 Å². The van der Waals surface area contributed by atoms with Crippen LogP contribution in [0.15, 0.2) is 87.1 Å². The molecule has 8 nitrogen and oxygen atoms in total. The van der Waals surface area contributed by atoms with E-state index < -0.39 is 5.97 Å². The average Bonchev–Trinajstić information content (AvgIpc) is 3.28. The Bertz CT molecular complexity index is 1600. The number of benzene rings is 3. The number of ether oxygens (including phenoxy) is 2. The fraction of sp³-hybridized carbons (Fsp3) is 0.0769. The Hall–Kier alpha value is -4.72. The molecule has 8 heteroatoms. The van der Waals surface area contributed by atoms with Crippen LogP contribution in [-0.2, 0) is 4.79 Å². The number of hydrogen-bond donors (Lipinski definition) is 0. The number of fused-ring (bicyclic) bond motifs is 2. The van der Waals surface area contributed by atoms with Crippen molar-refractivity contribution in [1.82, 2.24) is 9.66 Å². The molecule has 0 aliphatic rings. The largest absolute Gasteiger partial charge is 0.493 e. The molecular weight excluding hydrogens is 434 g/mol. The summed E-state index contributed by atoms with van der Waals surface area (Å²) in [7, 11) is 1.47. The lowest BCUT2D eigenvalue weighted by Crippen LogP contribution is -2.20. The SMILES string of the molecule is COc1cc(C=Nn2c(-c3cc4ccccc4o3)nc3ccccc3c2=O)ccc1OC(C)=O. The summed E-state index contributed by atoms with van der Waals surface area (Å²) in [5, 5.41) is 5.75. The van der Waals surface area contributed by atoms with Crippen LogP contribution in [0, 0.1) is 0 Å². The molecule has 0 aliphatic carbocycles. The van der Waals surface area contributed by atoms with Gasteiger partial charge in [-0.25, -0.2) is 4.98 Å². The second-order valence-corrected chi connectivity index (χ2v) is 7.47. The Morgan fingerprint density at radius 1 is 1.03 bits per heavy atom. The number of esters is 1. The monoisotopic (exact) mass is 453 g/mol. The van der Waals surface area contributed by atoms with Crippen molar-refractivity contribution in [3.8, 4) is 23.1 Å². The van der Waals surface area contributed by atoms with E-state index in [-0.39, 0.29) is 11.4 Å². The molecular formula is C26H19N3O5. The van der Waals surface area contributed by atoms with E-state index in [1.165, 1.54) is 24.9 Å². The first-order chi connectivity index (χ1) is 16.5. The normalized spacial score (nSPS) is 11.4. The Labute approximate surface area is 193 Å². The van der Waals surface area contributed by atoms with Gasteiger partial charge in [-0.15, -0.1) is 0 Å². The lowest BCUT2D eigenvalue weighted by molar-refractivity contribution is -0.132. The number of rotatable bonds is 5. The van der Waals surface area contributed by atoms with Crippen molar-refractivity contribution in [3.05, 3.63) is 88.7 Å². The van der Waals surface area contributed by atoms with E-state index >= 15 is 0 Å². The van der Waals surface area contributed by atoms with Crippen molar-refractivity contribution in [2.75, 3.05) is 7.11 Å². The number of nitrogens with zero attached hydrogens (tertiary/aromatic N) is 3. The van der Waals surface area contributed by atoms with Gasteiger partial charge in [0.25, 0.3) is 5.56 Å². The van der Waals surface area contributed by atoms with Crippen LogP contribution in [-0.4, -0.2) is 29.0 Å². The maximum absolute atomic E-state index is 13.3. The number of methoxy groups -OCH3 is 1. The summed E-state index contributed by atoms with van der Waals surface area (Å²) in [4.78, 5) is 29.3. The van der Waals surface area contributed by atoms with Crippen LogP contribution in [0.3, 0.4) is 0 Å². The zero-order valence-corrected chi connectivity index (χ0v) is 18.4. The van der Waals surface area contributed by atoms with E-state index in [2.05, 4.69) is 10.1 Å². The van der Waals surface area contributed by atoms with Gasteiger partial charge in [-0.2, -0.15) is 9.78 Å². The standard InChI is InChI=1S/C26H19N3O5/c1-16(30)33-22-12-11-17(13-23(22)32-2)15-27-29-25(24-14-18-7-3-6-10-21(18)34-24)28-20-9-5-4-8-19(20)26(29)31/h3-15H,1-2H3. The van der Waals surface area contributed by atoms with Crippen molar-refractivity contribution in [2.45, 2.75) is 6.92 Å². The molecule has 0 bridgehead atoms. The van der Waals surface area contributed by atoms with Gasteiger partial charge in [0.05, 0.1) is 24.2 Å². The first kappa shape index (κ1) is 21.1. The summed E-state index contributed by atoms with van der Waals surface area (Å²) >= 11 is 0. The molecule has 2 aromatic heterocycles. The van der Waals surface area contributed by atoms with E-state index in [0.29, 0.717) is 39.3 Å². The quantitative estimate of drug-likeness (QED) is 0.219. The molecule has 0 saturated heterocycles. The molecule has 0 unspecified atom stereocenters. The highest BCUT2D eigenvalue weighted by Gasteiger charge is 2.16. The van der Waals surface area contributed by atoms with Crippen molar-refractivity contribution >= 4 is 34.1 Å². The minimum absolute atomic E-state index is 0.277. The van der Waals surface area contributed by atoms with Crippen LogP contribution >= 0.6 is 0 Å². The molecule has 168 valence electrons. The van der Waals surface area contributed by atoms with Gasteiger partial charge in [-0.3, -0.25) is 9.59 Å². The molecule has 0 aliphatic heterocycles. The lowest BCUT2D eigenvalue weighted by Gasteiger charge is -2.09. The molecule has 5 aromatic rings. The van der Waals surface area contributed by atoms with E-state index in [9.17, 15) is 9.59 Å². The summed E-state index contributed by atoms with van der Waals surface area (Å²) in [5.74, 6) is 0.896. The van der Waals surface area contributed by atoms with Crippen molar-refractivity contribution in [1.29, 1.82) is 0 Å². The Morgan fingerprint density at radius 3 is 2.62 bits per heavy atom. The fourth-order valence-electron chi connectivity index (χ4n) is 3.61. The van der Waals surface area contributed by atoms with E-state index in [1.54, 1.807) is 36.4 Å². The van der Waals surface area contributed by atoms with E-state index in [0.717, 1.165) is 5.39 Å². The van der Waals surface area contributed by atoms with Gasteiger partial charge < -0.3 is 13.9 Å². The predicted octanol–water partition coefficient (Wildman–Crippen LogP) is 4.63. The molecule has 3 aromatic carbocycles. The van der Waals surface area contributed by atoms with Crippen molar-refractivity contribution < 1.29 is 18.7 Å². The highest BCUT2D eigenvalue weighted by Crippen LogP contribution is 2.29. The number of aromatic nitrogens is 2. The van der Waals surface area contributed by atoms with Crippen LogP contribution in [0.4, 0.5) is 0 Å². The minimum atomic E-state index is -0.455. The molecule has 0 saturated carbocycles. The van der Waals surface area contributed by atoms with Crippen molar-refractivity contribution in [3.63, 3.8) is 0 Å². The Kier molecular flexibility index (Phi) is 5.39. The van der Waals surface area contributed by atoms with Crippen LogP contribution in [0.1, 0.15) is 12.5 Å². The number of furan rings is 1. The van der Waals surface area contributed by atoms with Crippen LogP contribution in [0.5, 0.6) is 11.5 Å². The van der Waals surface area contributed by atoms with Crippen LogP contribution < -0.4 is 15.0 Å². The molecule has 0 fully saturated rings. The highest BCUT2D eigenvalue weighted by molar-refractivity contribution is 5.85. The highest BCUT2D eigenvalue weighted by atomic mass is 16.6. The molecule has 0 atom stereocenters. The number of carbonyl (C=O) groups is 1. The van der Waals surface area contributed by atoms with Gasteiger partial charge in [-0.05, 0) is 48.0 Å². The lowest BCUT2D eigenvalue weighted by atomic mass is 10.2. The predicted molar refractivity (Wildman–Crippen MR) is 129 cm³/mol. The van der Waals surface area contributed by atoms with Gasteiger partial charge in [0.15, 0.2) is 17.3 Å². The van der Waals surface area contributed by atoms with E-state index in [1.807, 2.05) is 36.4 Å². The van der Waals surface area contributed by atoms with Gasteiger partial charge in [0, 0.05) is 12.3 Å². The molecule has 0 spiro atoms. The van der Waals surface area contributed by atoms with Crippen LogP contribution in [0.2, 0.25) is 0 Å². The summed E-state index contributed by atoms with van der Waals surface area (Å²) in [6.45, 7) is 1.31. The molecule has 2 heterocycles. The average molecular weight is 453 g/mol. The topological polar surface area (TPSA) is 95.9 Å². The first-order valence-electron chi connectivity index (χ1n) is 10.4. The molecule has 0 amide bonds. The maximum Gasteiger partial charge on any atom is 0.308 e. The van der Waals surface area contributed by atoms with Gasteiger partial charge >= 0.3 is 5.97 Å². The molecule has 0 N–H and O–H groups in total. The third-order valence-electron chi connectivity index (χ3n) is 5.16. The third kappa shape index (κ3) is 3.93. The smallest absolute Gasteiger partial charge is 0.308 e. The van der Waals surface area contributed by atoms with Gasteiger partial charge in [0.2, 0.25) is 5.82 Å². The molecule has 5 rings (SSSR count). The molecule has 0 radical (unpaired) electrons. The fourth-order valence-corrected chi connectivity index (χ4v) is 3.61. The summed E-state index contributed by atoms with van der Waals surface area (Å²) in [6.07, 6.45) is 1.50. The number of carbonyl (C=O) groups excluding carboxylic acids is 1. The number of hydrogen-bond acceptors (Lipinski definition) is 7. The summed E-state index contributed by atoms with van der Waals surface area (Å²) < 4.78 is 17.6. The number of para-hydroxylation sites is 2. The zero-order chi connectivity index (χ0) is 23.7. The van der Waals surface area contributed by atoms with Crippen LogP contribution in [0.25, 0.3) is 33.5 Å². The Morgan fingerprint density at radius 2 is 1.82 bits per heavy atom. The first-order valence-corrected chi connectivity index (χ1v) is 10.4. The Balaban J connectivity index is 1.65. The summed E-state index contributed by atoms with van der Waals surface area (Å²) in [6, 6.07) is 21.4. The second-order valence-electron chi connectivity index (χ2n) is 7.47. The maximum atomic E-state index is 13.3.